The van der Waals surface area contributed by atoms with E-state index in [2.05, 4.69) is 9.98 Å². The Hall–Kier alpha value is -4.18. The average Bonchev–Trinajstić information content (AvgIpc) is 3.45. The maximum atomic E-state index is 13.5. The van der Waals surface area contributed by atoms with E-state index in [0.717, 1.165) is 29.7 Å². The fourth-order valence-corrected chi connectivity index (χ4v) is 5.06. The molecule has 0 atom stereocenters. The zero-order valence-electron chi connectivity index (χ0n) is 20.4. The van der Waals surface area contributed by atoms with E-state index in [1.807, 2.05) is 19.9 Å². The lowest BCUT2D eigenvalue weighted by Crippen LogP contribution is -2.06. The number of aliphatic imine (C=N–C) groups is 1. The first kappa shape index (κ1) is 25.5. The molecule has 0 radical (unpaired) electrons. The zero-order valence-corrected chi connectivity index (χ0v) is 21.2. The predicted octanol–water partition coefficient (Wildman–Crippen LogP) is 7.91. The van der Waals surface area contributed by atoms with Crippen LogP contribution in [0.4, 0.5) is 18.3 Å². The summed E-state index contributed by atoms with van der Waals surface area (Å²) in [6, 6.07) is 9.68. The van der Waals surface area contributed by atoms with Gasteiger partial charge in [-0.3, -0.25) is 4.57 Å². The van der Waals surface area contributed by atoms with E-state index in [0.29, 0.717) is 33.9 Å². The van der Waals surface area contributed by atoms with Crippen LogP contribution in [0.5, 0.6) is 5.88 Å². The third kappa shape index (κ3) is 4.74. The van der Waals surface area contributed by atoms with Gasteiger partial charge < -0.3 is 10.2 Å². The third-order valence-electron chi connectivity index (χ3n) is 6.63. The molecular weight excluding hydrogens is 515 g/mol. The van der Waals surface area contributed by atoms with Crippen molar-refractivity contribution in [3.63, 3.8) is 0 Å². The number of carbonyl (C=O) groups is 1. The second kappa shape index (κ2) is 9.60. The number of halogens is 3. The molecule has 0 saturated carbocycles. The van der Waals surface area contributed by atoms with Crippen molar-refractivity contribution < 1.29 is 28.2 Å². The SMILES string of the molecule is CC1=C(C)CCC(n2c(O)c(C=Nc3nc(-c4ccc(C(=O)O)cc4)cs3)c3ccc(C(F)(F)F)cc32)=C1. The van der Waals surface area contributed by atoms with Crippen molar-refractivity contribution in [2.24, 2.45) is 4.99 Å². The Balaban J connectivity index is 1.56. The lowest BCUT2D eigenvalue weighted by Gasteiger charge is -2.19. The van der Waals surface area contributed by atoms with E-state index in [9.17, 15) is 23.1 Å². The molecule has 0 bridgehead atoms. The molecule has 10 heteroatoms. The molecule has 38 heavy (non-hydrogen) atoms. The Morgan fingerprint density at radius 3 is 2.53 bits per heavy atom. The number of hydrogen-bond donors (Lipinski definition) is 2. The van der Waals surface area contributed by atoms with Crippen molar-refractivity contribution in [2.45, 2.75) is 32.9 Å². The molecule has 0 fully saturated rings. The van der Waals surface area contributed by atoms with Crippen molar-refractivity contribution in [2.75, 3.05) is 0 Å². The molecule has 2 aromatic heterocycles. The zero-order chi connectivity index (χ0) is 27.2. The number of thiazole rings is 1. The number of aromatic carboxylic acids is 1. The molecule has 6 nitrogen and oxygen atoms in total. The summed E-state index contributed by atoms with van der Waals surface area (Å²) in [5, 5.41) is 22.9. The van der Waals surface area contributed by atoms with Gasteiger partial charge in [-0.15, -0.1) is 11.3 Å². The van der Waals surface area contributed by atoms with Gasteiger partial charge in [-0.2, -0.15) is 13.2 Å². The van der Waals surface area contributed by atoms with Gasteiger partial charge in [-0.05, 0) is 57.0 Å². The predicted molar refractivity (Wildman–Crippen MR) is 142 cm³/mol. The van der Waals surface area contributed by atoms with Crippen LogP contribution in [0.1, 0.15) is 48.2 Å². The van der Waals surface area contributed by atoms with E-state index in [-0.39, 0.29) is 17.0 Å². The highest BCUT2D eigenvalue weighted by molar-refractivity contribution is 7.13. The number of fused-ring (bicyclic) bond motifs is 1. The van der Waals surface area contributed by atoms with Crippen LogP contribution >= 0.6 is 11.3 Å². The summed E-state index contributed by atoms with van der Waals surface area (Å²) in [7, 11) is 0. The number of allylic oxidation sites excluding steroid dienone is 4. The quantitative estimate of drug-likeness (QED) is 0.253. The minimum absolute atomic E-state index is 0.164. The fourth-order valence-electron chi connectivity index (χ4n) is 4.39. The molecule has 0 unspecified atom stereocenters. The van der Waals surface area contributed by atoms with Crippen molar-refractivity contribution >= 4 is 45.3 Å². The number of rotatable bonds is 5. The second-order valence-electron chi connectivity index (χ2n) is 9.06. The number of hydrogen-bond acceptors (Lipinski definition) is 5. The summed E-state index contributed by atoms with van der Waals surface area (Å²) in [4.78, 5) is 19.9. The highest BCUT2D eigenvalue weighted by Crippen LogP contribution is 2.40. The normalized spacial score (nSPS) is 14.5. The second-order valence-corrected chi connectivity index (χ2v) is 9.89. The van der Waals surface area contributed by atoms with Crippen LogP contribution in [0.2, 0.25) is 0 Å². The highest BCUT2D eigenvalue weighted by atomic mass is 32.1. The van der Waals surface area contributed by atoms with Gasteiger partial charge in [-0.1, -0.05) is 29.3 Å². The Morgan fingerprint density at radius 2 is 1.87 bits per heavy atom. The number of carboxylic acids is 1. The van der Waals surface area contributed by atoms with Crippen LogP contribution in [0.3, 0.4) is 0 Å². The molecule has 4 aromatic rings. The number of aromatic hydroxyl groups is 1. The summed E-state index contributed by atoms with van der Waals surface area (Å²) in [6.07, 6.45) is 0.0929. The Labute approximate surface area is 219 Å². The van der Waals surface area contributed by atoms with Crippen LogP contribution in [0.25, 0.3) is 27.9 Å². The molecule has 5 rings (SSSR count). The number of aromatic nitrogens is 2. The summed E-state index contributed by atoms with van der Waals surface area (Å²) in [5.41, 5.74) is 4.14. The van der Waals surface area contributed by atoms with Crippen LogP contribution < -0.4 is 0 Å². The van der Waals surface area contributed by atoms with Crippen molar-refractivity contribution in [3.8, 4) is 17.1 Å². The fraction of sp³-hybridized carbons (Fsp3) is 0.179. The first-order valence-electron chi connectivity index (χ1n) is 11.7. The molecule has 194 valence electrons. The van der Waals surface area contributed by atoms with Gasteiger partial charge in [0, 0.05) is 28.2 Å². The number of carboxylic acid groups (broad SMARTS) is 1. The Morgan fingerprint density at radius 1 is 1.13 bits per heavy atom. The maximum Gasteiger partial charge on any atom is 0.416 e. The van der Waals surface area contributed by atoms with Crippen molar-refractivity contribution in [3.05, 3.63) is 81.8 Å². The maximum absolute atomic E-state index is 13.5. The Kier molecular flexibility index (Phi) is 6.44. The van der Waals surface area contributed by atoms with Crippen molar-refractivity contribution in [1.29, 1.82) is 0 Å². The number of alkyl halides is 3. The molecular formula is C28H22F3N3O3S. The molecule has 0 saturated heterocycles. The van der Waals surface area contributed by atoms with Gasteiger partial charge in [0.1, 0.15) is 0 Å². The first-order valence-corrected chi connectivity index (χ1v) is 12.6. The van der Waals surface area contributed by atoms with E-state index in [1.165, 1.54) is 45.9 Å². The van der Waals surface area contributed by atoms with Crippen LogP contribution in [0.15, 0.2) is 70.1 Å². The number of benzene rings is 2. The summed E-state index contributed by atoms with van der Waals surface area (Å²) in [6.45, 7) is 3.95. The van der Waals surface area contributed by atoms with Gasteiger partial charge in [-0.25, -0.2) is 14.8 Å². The Bertz CT molecular complexity index is 1660. The topological polar surface area (TPSA) is 87.7 Å². The largest absolute Gasteiger partial charge is 0.494 e. The summed E-state index contributed by atoms with van der Waals surface area (Å²) in [5.74, 6) is -1.21. The van der Waals surface area contributed by atoms with Gasteiger partial charge in [0.25, 0.3) is 0 Å². The van der Waals surface area contributed by atoms with Crippen LogP contribution in [0, 0.1) is 0 Å². The molecule has 1 aliphatic rings. The van der Waals surface area contributed by atoms with E-state index in [4.69, 9.17) is 5.11 Å². The van der Waals surface area contributed by atoms with Crippen LogP contribution in [-0.4, -0.2) is 31.9 Å². The standard InChI is InChI=1S/C28H22F3N3O3S/c1-15-3-9-20(11-16(15)2)34-24-12-19(28(29,30)31)8-10-21(24)22(25(34)35)13-32-27-33-23(14-38-27)17-4-6-18(7-5-17)26(36)37/h4-8,10-14,35H,3,9H2,1-2H3,(H,36,37). The molecule has 2 N–H and O–H groups in total. The summed E-state index contributed by atoms with van der Waals surface area (Å²) >= 11 is 1.25. The number of nitrogens with zero attached hydrogens (tertiary/aromatic N) is 3. The minimum Gasteiger partial charge on any atom is -0.494 e. The van der Waals surface area contributed by atoms with Crippen molar-refractivity contribution in [1.82, 2.24) is 9.55 Å². The van der Waals surface area contributed by atoms with Gasteiger partial charge >= 0.3 is 12.1 Å². The lowest BCUT2D eigenvalue weighted by molar-refractivity contribution is -0.137. The smallest absolute Gasteiger partial charge is 0.416 e. The molecule has 0 amide bonds. The monoisotopic (exact) mass is 537 g/mol. The third-order valence-corrected chi connectivity index (χ3v) is 7.38. The van der Waals surface area contributed by atoms with E-state index < -0.39 is 17.7 Å². The minimum atomic E-state index is -4.53. The first-order chi connectivity index (χ1) is 18.0. The van der Waals surface area contributed by atoms with Crippen LogP contribution in [-0.2, 0) is 6.18 Å². The molecule has 2 aromatic carbocycles. The molecule has 0 aliphatic heterocycles. The molecule has 2 heterocycles. The average molecular weight is 538 g/mol. The lowest BCUT2D eigenvalue weighted by atomic mass is 9.97. The molecule has 1 aliphatic carbocycles. The van der Waals surface area contributed by atoms with Gasteiger partial charge in [0.05, 0.1) is 27.9 Å². The molecule has 0 spiro atoms. The van der Waals surface area contributed by atoms with E-state index in [1.54, 1.807) is 17.5 Å². The highest BCUT2D eigenvalue weighted by Gasteiger charge is 2.32. The van der Waals surface area contributed by atoms with Gasteiger partial charge in [0.2, 0.25) is 11.0 Å². The summed E-state index contributed by atoms with van der Waals surface area (Å²) < 4.78 is 42.1. The van der Waals surface area contributed by atoms with Gasteiger partial charge in [0.15, 0.2) is 0 Å². The van der Waals surface area contributed by atoms with E-state index >= 15 is 0 Å².